The highest BCUT2D eigenvalue weighted by atomic mass is 32.2. The Kier molecular flexibility index (Phi) is 3.63. The average molecular weight is 309 g/mol. The van der Waals surface area contributed by atoms with Gasteiger partial charge in [0.1, 0.15) is 11.4 Å². The quantitative estimate of drug-likeness (QED) is 0.744. The number of hydrogen-bond donors (Lipinski definition) is 1. The summed E-state index contributed by atoms with van der Waals surface area (Å²) >= 11 is 4.72. The van der Waals surface area contributed by atoms with Gasteiger partial charge in [0.15, 0.2) is 4.34 Å². The highest BCUT2D eigenvalue weighted by Gasteiger charge is 2.11. The predicted molar refractivity (Wildman–Crippen MR) is 80.2 cm³/mol. The number of thiophene rings is 1. The summed E-state index contributed by atoms with van der Waals surface area (Å²) in [6, 6.07) is 2.35. The van der Waals surface area contributed by atoms with Crippen LogP contribution in [-0.2, 0) is 0 Å². The molecule has 0 aliphatic carbocycles. The number of aromatic nitrogens is 4. The molecular weight excluding hydrogens is 298 g/mol. The SMILES string of the molecule is CC(C)Nc1nnc(Sc2ncnc3ccsc23)s1. The molecule has 8 heteroatoms. The summed E-state index contributed by atoms with van der Waals surface area (Å²) in [5.74, 6) is 0. The van der Waals surface area contributed by atoms with Gasteiger partial charge >= 0.3 is 0 Å². The van der Waals surface area contributed by atoms with E-state index < -0.39 is 0 Å². The number of anilines is 1. The summed E-state index contributed by atoms with van der Waals surface area (Å²) in [5.41, 5.74) is 0.979. The van der Waals surface area contributed by atoms with Crippen molar-refractivity contribution in [3.63, 3.8) is 0 Å². The van der Waals surface area contributed by atoms with Gasteiger partial charge in [-0.1, -0.05) is 11.3 Å². The van der Waals surface area contributed by atoms with Crippen molar-refractivity contribution in [1.29, 1.82) is 0 Å². The Hall–Kier alpha value is -1.25. The van der Waals surface area contributed by atoms with Crippen LogP contribution in [0.25, 0.3) is 10.2 Å². The normalized spacial score (nSPS) is 11.3. The second kappa shape index (κ2) is 5.40. The first-order valence-corrected chi connectivity index (χ1v) is 8.20. The van der Waals surface area contributed by atoms with E-state index in [0.717, 1.165) is 24.7 Å². The van der Waals surface area contributed by atoms with Crippen molar-refractivity contribution in [1.82, 2.24) is 20.2 Å². The molecule has 0 aromatic carbocycles. The Morgan fingerprint density at radius 2 is 2.16 bits per heavy atom. The lowest BCUT2D eigenvalue weighted by atomic mass is 10.4. The molecule has 0 aliphatic rings. The van der Waals surface area contributed by atoms with Gasteiger partial charge in [-0.2, -0.15) is 0 Å². The van der Waals surface area contributed by atoms with Crippen LogP contribution in [-0.4, -0.2) is 26.2 Å². The summed E-state index contributed by atoms with van der Waals surface area (Å²) in [6.45, 7) is 4.15. The van der Waals surface area contributed by atoms with Crippen LogP contribution >= 0.6 is 34.4 Å². The number of rotatable bonds is 4. The van der Waals surface area contributed by atoms with Gasteiger partial charge in [-0.15, -0.1) is 21.5 Å². The highest BCUT2D eigenvalue weighted by Crippen LogP contribution is 2.36. The van der Waals surface area contributed by atoms with E-state index in [9.17, 15) is 0 Å². The third-order valence-corrected chi connectivity index (χ3v) is 5.16. The number of nitrogens with one attached hydrogen (secondary N) is 1. The van der Waals surface area contributed by atoms with Crippen molar-refractivity contribution in [3.05, 3.63) is 17.8 Å². The van der Waals surface area contributed by atoms with Crippen LogP contribution in [0.4, 0.5) is 5.13 Å². The first kappa shape index (κ1) is 12.8. The molecule has 0 aliphatic heterocycles. The maximum Gasteiger partial charge on any atom is 0.206 e. The Bertz CT molecular complexity index is 690. The van der Waals surface area contributed by atoms with Crippen LogP contribution in [0.15, 0.2) is 27.1 Å². The smallest absolute Gasteiger partial charge is 0.206 e. The van der Waals surface area contributed by atoms with E-state index in [2.05, 4.69) is 39.3 Å². The van der Waals surface area contributed by atoms with Crippen molar-refractivity contribution < 1.29 is 0 Å². The molecule has 0 atom stereocenters. The Balaban J connectivity index is 1.84. The molecule has 0 fully saturated rings. The molecule has 19 heavy (non-hydrogen) atoms. The molecule has 0 saturated heterocycles. The fourth-order valence-corrected chi connectivity index (χ4v) is 4.28. The molecular formula is C11H11N5S3. The molecule has 5 nitrogen and oxygen atoms in total. The summed E-state index contributed by atoms with van der Waals surface area (Å²) in [4.78, 5) is 8.55. The van der Waals surface area contributed by atoms with Gasteiger partial charge in [0.25, 0.3) is 0 Å². The molecule has 98 valence electrons. The summed E-state index contributed by atoms with van der Waals surface area (Å²) in [7, 11) is 0. The molecule has 3 aromatic rings. The van der Waals surface area contributed by atoms with E-state index in [1.165, 1.54) is 11.8 Å². The largest absolute Gasteiger partial charge is 0.358 e. The van der Waals surface area contributed by atoms with E-state index in [-0.39, 0.29) is 0 Å². The Morgan fingerprint density at radius 3 is 3.00 bits per heavy atom. The van der Waals surface area contributed by atoms with Crippen LogP contribution < -0.4 is 5.32 Å². The molecule has 0 amide bonds. The first-order valence-electron chi connectivity index (χ1n) is 5.68. The number of hydrogen-bond acceptors (Lipinski definition) is 8. The van der Waals surface area contributed by atoms with E-state index >= 15 is 0 Å². The highest BCUT2D eigenvalue weighted by molar-refractivity contribution is 8.01. The average Bonchev–Trinajstić information content (AvgIpc) is 2.98. The van der Waals surface area contributed by atoms with Gasteiger partial charge < -0.3 is 5.32 Å². The second-order valence-corrected chi connectivity index (χ2v) is 7.22. The van der Waals surface area contributed by atoms with Gasteiger partial charge in [-0.25, -0.2) is 9.97 Å². The predicted octanol–water partition coefficient (Wildman–Crippen LogP) is 3.51. The zero-order chi connectivity index (χ0) is 13.2. The fourth-order valence-electron chi connectivity index (χ4n) is 1.48. The van der Waals surface area contributed by atoms with E-state index in [1.807, 2.05) is 11.4 Å². The summed E-state index contributed by atoms with van der Waals surface area (Å²) in [6.07, 6.45) is 1.59. The van der Waals surface area contributed by atoms with Crippen molar-refractivity contribution in [2.75, 3.05) is 5.32 Å². The van der Waals surface area contributed by atoms with Crippen LogP contribution in [0.2, 0.25) is 0 Å². The van der Waals surface area contributed by atoms with Crippen molar-refractivity contribution in [2.45, 2.75) is 29.3 Å². The van der Waals surface area contributed by atoms with Crippen molar-refractivity contribution >= 4 is 49.8 Å². The van der Waals surface area contributed by atoms with Crippen LogP contribution in [0.3, 0.4) is 0 Å². The minimum absolute atomic E-state index is 0.355. The minimum atomic E-state index is 0.355. The van der Waals surface area contributed by atoms with Crippen LogP contribution in [0, 0.1) is 0 Å². The molecule has 0 radical (unpaired) electrons. The topological polar surface area (TPSA) is 63.6 Å². The van der Waals surface area contributed by atoms with Crippen LogP contribution in [0.1, 0.15) is 13.8 Å². The fraction of sp³-hybridized carbons (Fsp3) is 0.273. The van der Waals surface area contributed by atoms with Gasteiger partial charge in [0, 0.05) is 6.04 Å². The maximum absolute atomic E-state index is 4.33. The molecule has 3 rings (SSSR count). The first-order chi connectivity index (χ1) is 9.22. The molecule has 0 spiro atoms. The molecule has 0 bridgehead atoms. The lowest BCUT2D eigenvalue weighted by Crippen LogP contribution is -2.08. The van der Waals surface area contributed by atoms with E-state index in [1.54, 1.807) is 29.0 Å². The monoisotopic (exact) mass is 309 g/mol. The Morgan fingerprint density at radius 1 is 1.26 bits per heavy atom. The molecule has 0 unspecified atom stereocenters. The van der Waals surface area contributed by atoms with Gasteiger partial charge in [0.05, 0.1) is 10.2 Å². The third kappa shape index (κ3) is 2.85. The van der Waals surface area contributed by atoms with Crippen LogP contribution in [0.5, 0.6) is 0 Å². The summed E-state index contributed by atoms with van der Waals surface area (Å²) < 4.78 is 1.98. The van der Waals surface area contributed by atoms with Crippen molar-refractivity contribution in [2.24, 2.45) is 0 Å². The lowest BCUT2D eigenvalue weighted by Gasteiger charge is -2.03. The summed E-state index contributed by atoms with van der Waals surface area (Å²) in [5, 5.41) is 15.3. The van der Waals surface area contributed by atoms with E-state index in [0.29, 0.717) is 6.04 Å². The molecule has 3 heterocycles. The van der Waals surface area contributed by atoms with Gasteiger partial charge in [0.2, 0.25) is 5.13 Å². The van der Waals surface area contributed by atoms with Gasteiger partial charge in [-0.05, 0) is 37.1 Å². The minimum Gasteiger partial charge on any atom is -0.358 e. The second-order valence-electron chi connectivity index (χ2n) is 4.09. The molecule has 0 saturated carbocycles. The third-order valence-electron chi connectivity index (χ3n) is 2.21. The van der Waals surface area contributed by atoms with Gasteiger partial charge in [-0.3, -0.25) is 0 Å². The zero-order valence-corrected chi connectivity index (χ0v) is 12.8. The van der Waals surface area contributed by atoms with Crippen molar-refractivity contribution in [3.8, 4) is 0 Å². The molecule has 3 aromatic heterocycles. The lowest BCUT2D eigenvalue weighted by molar-refractivity contribution is 0.883. The van der Waals surface area contributed by atoms with E-state index in [4.69, 9.17) is 0 Å². The molecule has 1 N–H and O–H groups in total. The number of nitrogens with zero attached hydrogens (tertiary/aromatic N) is 4. The zero-order valence-electron chi connectivity index (χ0n) is 10.3. The maximum atomic E-state index is 4.33. The Labute approximate surface area is 122 Å². The number of fused-ring (bicyclic) bond motifs is 1. The standard InChI is InChI=1S/C11H11N5S3/c1-6(2)14-10-15-16-11(19-10)18-9-8-7(3-4-17-8)12-5-13-9/h3-6H,1-2H3,(H,14,15).